The average Bonchev–Trinajstić information content (AvgIpc) is 2.36. The first-order valence-electron chi connectivity index (χ1n) is 4.56. The molecule has 0 saturated heterocycles. The maximum atomic E-state index is 8.04. The van der Waals surface area contributed by atoms with E-state index in [0.29, 0.717) is 0 Å². The second-order valence-electron chi connectivity index (χ2n) is 5.10. The fourth-order valence-electron chi connectivity index (χ4n) is 3.07. The molecular weight excluding hydrogens is 134 g/mol. The molecule has 0 aromatic rings. The summed E-state index contributed by atoms with van der Waals surface area (Å²) < 4.78 is 0. The van der Waals surface area contributed by atoms with E-state index in [0.717, 1.165) is 11.6 Å². The Kier molecular flexibility index (Phi) is 1.13. The number of hydrogen-bond donors (Lipinski definition) is 1. The minimum atomic E-state index is 0.215. The molecule has 2 aliphatic rings. The SMILES string of the molecule is CC1(C)C(=N)[C@]2(C)CC[C@@H]1C2. The molecule has 0 aliphatic heterocycles. The van der Waals surface area contributed by atoms with Crippen LogP contribution in [0.1, 0.15) is 40.0 Å². The molecule has 2 atom stereocenters. The van der Waals surface area contributed by atoms with Crippen molar-refractivity contribution in [1.82, 2.24) is 0 Å². The lowest BCUT2D eigenvalue weighted by atomic mass is 9.71. The van der Waals surface area contributed by atoms with E-state index in [-0.39, 0.29) is 10.8 Å². The Hall–Kier alpha value is -0.330. The minimum Gasteiger partial charge on any atom is -0.309 e. The zero-order valence-corrected chi connectivity index (χ0v) is 7.70. The summed E-state index contributed by atoms with van der Waals surface area (Å²) in [4.78, 5) is 0. The molecule has 0 amide bonds. The van der Waals surface area contributed by atoms with Crippen molar-refractivity contribution in [2.24, 2.45) is 16.7 Å². The molecule has 0 heterocycles. The number of fused-ring (bicyclic) bond motifs is 2. The van der Waals surface area contributed by atoms with Crippen molar-refractivity contribution in [2.75, 3.05) is 0 Å². The fourth-order valence-corrected chi connectivity index (χ4v) is 3.07. The first-order valence-corrected chi connectivity index (χ1v) is 4.56. The summed E-state index contributed by atoms with van der Waals surface area (Å²) in [6.07, 6.45) is 3.89. The van der Waals surface area contributed by atoms with Crippen molar-refractivity contribution >= 4 is 5.71 Å². The van der Waals surface area contributed by atoms with Crippen molar-refractivity contribution in [3.8, 4) is 0 Å². The largest absolute Gasteiger partial charge is 0.309 e. The van der Waals surface area contributed by atoms with E-state index >= 15 is 0 Å². The second kappa shape index (κ2) is 1.70. The standard InChI is InChI=1S/C10H17N/c1-9(2)7-4-5-10(3,6-7)8(9)11/h7,11H,4-6H2,1-3H3/t7-,10-/m1/s1. The summed E-state index contributed by atoms with van der Waals surface area (Å²) in [5.74, 6) is 0.806. The highest BCUT2D eigenvalue weighted by molar-refractivity contribution is 5.95. The number of rotatable bonds is 0. The third-order valence-corrected chi connectivity index (χ3v) is 4.01. The molecule has 2 fully saturated rings. The van der Waals surface area contributed by atoms with Crippen LogP contribution in [-0.4, -0.2) is 5.71 Å². The van der Waals surface area contributed by atoms with Gasteiger partial charge in [0.05, 0.1) is 0 Å². The van der Waals surface area contributed by atoms with Crippen LogP contribution < -0.4 is 0 Å². The molecule has 0 spiro atoms. The van der Waals surface area contributed by atoms with E-state index in [1.54, 1.807) is 0 Å². The predicted molar refractivity (Wildman–Crippen MR) is 47.0 cm³/mol. The zero-order valence-electron chi connectivity index (χ0n) is 7.70. The van der Waals surface area contributed by atoms with Crippen LogP contribution in [0, 0.1) is 22.2 Å². The quantitative estimate of drug-likeness (QED) is 0.550. The average molecular weight is 151 g/mol. The van der Waals surface area contributed by atoms with Gasteiger partial charge in [-0.3, -0.25) is 0 Å². The Labute approximate surface area is 68.7 Å². The lowest BCUT2D eigenvalue weighted by Gasteiger charge is -2.34. The van der Waals surface area contributed by atoms with Gasteiger partial charge in [-0.2, -0.15) is 0 Å². The maximum Gasteiger partial charge on any atom is 0.0207 e. The maximum absolute atomic E-state index is 8.04. The van der Waals surface area contributed by atoms with E-state index in [1.165, 1.54) is 19.3 Å². The molecule has 0 aromatic heterocycles. The van der Waals surface area contributed by atoms with Gasteiger partial charge in [0.1, 0.15) is 0 Å². The molecule has 2 aliphatic carbocycles. The Balaban J connectivity index is 2.42. The highest BCUT2D eigenvalue weighted by Crippen LogP contribution is 2.59. The van der Waals surface area contributed by atoms with Crippen LogP contribution in [0.3, 0.4) is 0 Å². The molecular formula is C10H17N. The molecule has 11 heavy (non-hydrogen) atoms. The summed E-state index contributed by atoms with van der Waals surface area (Å²) in [6, 6.07) is 0. The third-order valence-electron chi connectivity index (χ3n) is 4.01. The van der Waals surface area contributed by atoms with Gasteiger partial charge in [-0.25, -0.2) is 0 Å². The lowest BCUT2D eigenvalue weighted by molar-refractivity contribution is 0.331. The molecule has 1 N–H and O–H groups in total. The van der Waals surface area contributed by atoms with Gasteiger partial charge >= 0.3 is 0 Å². The molecule has 2 rings (SSSR count). The first kappa shape index (κ1) is 7.33. The molecule has 1 heteroatoms. The van der Waals surface area contributed by atoms with Gasteiger partial charge in [0.15, 0.2) is 0 Å². The Morgan fingerprint density at radius 3 is 2.27 bits per heavy atom. The van der Waals surface area contributed by atoms with Crippen LogP contribution in [0.4, 0.5) is 0 Å². The van der Waals surface area contributed by atoms with Crippen LogP contribution in [0.15, 0.2) is 0 Å². The van der Waals surface area contributed by atoms with Gasteiger partial charge in [-0.15, -0.1) is 0 Å². The van der Waals surface area contributed by atoms with Crippen LogP contribution in [0.2, 0.25) is 0 Å². The van der Waals surface area contributed by atoms with Crippen molar-refractivity contribution in [3.63, 3.8) is 0 Å². The van der Waals surface area contributed by atoms with Crippen LogP contribution in [0.5, 0.6) is 0 Å². The first-order chi connectivity index (χ1) is 4.97. The second-order valence-corrected chi connectivity index (χ2v) is 5.10. The normalized spacial score (nSPS) is 46.8. The van der Waals surface area contributed by atoms with Gasteiger partial charge in [0, 0.05) is 16.5 Å². The topological polar surface area (TPSA) is 23.9 Å². The summed E-state index contributed by atoms with van der Waals surface area (Å²) in [5, 5.41) is 8.04. The predicted octanol–water partition coefficient (Wildman–Crippen LogP) is 2.85. The van der Waals surface area contributed by atoms with Crippen molar-refractivity contribution in [1.29, 1.82) is 5.41 Å². The highest BCUT2D eigenvalue weighted by Gasteiger charge is 2.56. The van der Waals surface area contributed by atoms with E-state index in [2.05, 4.69) is 20.8 Å². The molecule has 62 valence electrons. The van der Waals surface area contributed by atoms with Crippen LogP contribution in [-0.2, 0) is 0 Å². The summed E-state index contributed by atoms with van der Waals surface area (Å²) in [7, 11) is 0. The van der Waals surface area contributed by atoms with Crippen LogP contribution >= 0.6 is 0 Å². The number of nitrogens with one attached hydrogen (secondary N) is 1. The molecule has 2 bridgehead atoms. The van der Waals surface area contributed by atoms with Gasteiger partial charge in [-0.1, -0.05) is 20.8 Å². The van der Waals surface area contributed by atoms with E-state index < -0.39 is 0 Å². The third kappa shape index (κ3) is 0.692. The smallest absolute Gasteiger partial charge is 0.0207 e. The molecule has 1 nitrogen and oxygen atoms in total. The molecule has 0 radical (unpaired) electrons. The summed E-state index contributed by atoms with van der Waals surface area (Å²) in [5.41, 5.74) is 1.52. The van der Waals surface area contributed by atoms with E-state index in [1.807, 2.05) is 0 Å². The van der Waals surface area contributed by atoms with Gasteiger partial charge < -0.3 is 5.41 Å². The monoisotopic (exact) mass is 151 g/mol. The van der Waals surface area contributed by atoms with Crippen molar-refractivity contribution < 1.29 is 0 Å². The highest BCUT2D eigenvalue weighted by atomic mass is 14.7. The van der Waals surface area contributed by atoms with Crippen molar-refractivity contribution in [3.05, 3.63) is 0 Å². The molecule has 0 unspecified atom stereocenters. The van der Waals surface area contributed by atoms with Gasteiger partial charge in [0.2, 0.25) is 0 Å². The lowest BCUT2D eigenvalue weighted by Crippen LogP contribution is -2.34. The Morgan fingerprint density at radius 1 is 1.36 bits per heavy atom. The van der Waals surface area contributed by atoms with Crippen LogP contribution in [0.25, 0.3) is 0 Å². The van der Waals surface area contributed by atoms with Crippen molar-refractivity contribution in [2.45, 2.75) is 40.0 Å². The summed E-state index contributed by atoms with van der Waals surface area (Å²) in [6.45, 7) is 6.75. The summed E-state index contributed by atoms with van der Waals surface area (Å²) >= 11 is 0. The molecule has 0 aromatic carbocycles. The minimum absolute atomic E-state index is 0.215. The number of hydrogen-bond acceptors (Lipinski definition) is 1. The van der Waals surface area contributed by atoms with Gasteiger partial charge in [0.25, 0.3) is 0 Å². The Morgan fingerprint density at radius 2 is 2.00 bits per heavy atom. The Bertz CT molecular complexity index is 210. The van der Waals surface area contributed by atoms with E-state index in [9.17, 15) is 0 Å². The zero-order chi connectivity index (χ0) is 8.28. The molecule has 2 saturated carbocycles. The van der Waals surface area contributed by atoms with Gasteiger partial charge in [-0.05, 0) is 25.2 Å². The van der Waals surface area contributed by atoms with E-state index in [4.69, 9.17) is 5.41 Å². The fraction of sp³-hybridized carbons (Fsp3) is 0.900.